The van der Waals surface area contributed by atoms with E-state index in [4.69, 9.17) is 9.57 Å². The third kappa shape index (κ3) is 2.57. The summed E-state index contributed by atoms with van der Waals surface area (Å²) in [5.74, 6) is -0.212. The molecule has 0 aromatic carbocycles. The number of amides is 1. The Bertz CT molecular complexity index is 488. The van der Waals surface area contributed by atoms with Crippen LogP contribution >= 0.6 is 0 Å². The van der Waals surface area contributed by atoms with Gasteiger partial charge in [-0.15, -0.1) is 0 Å². The molecule has 3 fully saturated rings. The number of nitrogens with zero attached hydrogens (tertiary/aromatic N) is 2. The second-order valence-electron chi connectivity index (χ2n) is 5.77. The third-order valence-corrected chi connectivity index (χ3v) is 5.63. The molecule has 0 aromatic rings. The Hall–Kier alpha value is -0.700. The molecule has 0 aliphatic carbocycles. The molecule has 1 amide bonds. The molecule has 3 rings (SSSR count). The standard InChI is InChI=1S/C12H20N2O5S/c1-20(16,17)13-5-9-7-18-8-11(10(9)6-13)12(15)14-3-2-4-19-14/h9-11H,2-8H2,1H3/t9-,10-,11+/m0/s1. The molecule has 0 aromatic heterocycles. The van der Waals surface area contributed by atoms with Crippen molar-refractivity contribution in [3.63, 3.8) is 0 Å². The van der Waals surface area contributed by atoms with Crippen LogP contribution in [-0.2, 0) is 24.4 Å². The van der Waals surface area contributed by atoms with Gasteiger partial charge in [0.2, 0.25) is 10.0 Å². The second-order valence-corrected chi connectivity index (χ2v) is 7.76. The van der Waals surface area contributed by atoms with E-state index in [0.717, 1.165) is 6.42 Å². The molecule has 20 heavy (non-hydrogen) atoms. The molecule has 3 saturated heterocycles. The molecule has 3 atom stereocenters. The first-order valence-corrected chi connectivity index (χ1v) is 8.79. The highest BCUT2D eigenvalue weighted by Crippen LogP contribution is 2.36. The van der Waals surface area contributed by atoms with E-state index in [1.54, 1.807) is 0 Å². The van der Waals surface area contributed by atoms with Crippen LogP contribution in [-0.4, -0.2) is 69.4 Å². The first-order chi connectivity index (χ1) is 9.47. The first kappa shape index (κ1) is 14.2. The minimum Gasteiger partial charge on any atom is -0.380 e. The number of carbonyl (C=O) groups is 1. The number of sulfonamides is 1. The van der Waals surface area contributed by atoms with Crippen LogP contribution < -0.4 is 0 Å². The summed E-state index contributed by atoms with van der Waals surface area (Å²) in [5, 5.41) is 1.42. The average Bonchev–Trinajstić information content (AvgIpc) is 3.05. The molecular formula is C12H20N2O5S. The van der Waals surface area contributed by atoms with E-state index in [-0.39, 0.29) is 23.7 Å². The van der Waals surface area contributed by atoms with Crippen molar-refractivity contribution in [3.05, 3.63) is 0 Å². The largest absolute Gasteiger partial charge is 0.380 e. The van der Waals surface area contributed by atoms with Gasteiger partial charge >= 0.3 is 0 Å². The molecule has 0 N–H and O–H groups in total. The Morgan fingerprint density at radius 2 is 2.05 bits per heavy atom. The zero-order chi connectivity index (χ0) is 14.3. The van der Waals surface area contributed by atoms with Crippen molar-refractivity contribution in [1.82, 2.24) is 9.37 Å². The van der Waals surface area contributed by atoms with Crippen LogP contribution in [0.1, 0.15) is 6.42 Å². The molecule has 0 saturated carbocycles. The van der Waals surface area contributed by atoms with E-state index >= 15 is 0 Å². The number of hydroxylamine groups is 2. The molecule has 0 spiro atoms. The summed E-state index contributed by atoms with van der Waals surface area (Å²) >= 11 is 0. The van der Waals surface area contributed by atoms with Gasteiger partial charge in [0.25, 0.3) is 5.91 Å². The van der Waals surface area contributed by atoms with Crippen LogP contribution in [0.15, 0.2) is 0 Å². The van der Waals surface area contributed by atoms with Gasteiger partial charge in [0.05, 0.1) is 38.5 Å². The monoisotopic (exact) mass is 304 g/mol. The van der Waals surface area contributed by atoms with Gasteiger partial charge in [-0.1, -0.05) is 0 Å². The van der Waals surface area contributed by atoms with Gasteiger partial charge in [0, 0.05) is 19.0 Å². The van der Waals surface area contributed by atoms with Crippen molar-refractivity contribution in [3.8, 4) is 0 Å². The lowest BCUT2D eigenvalue weighted by Gasteiger charge is -2.33. The molecule has 0 unspecified atom stereocenters. The van der Waals surface area contributed by atoms with E-state index < -0.39 is 10.0 Å². The van der Waals surface area contributed by atoms with Crippen LogP contribution in [0.3, 0.4) is 0 Å². The number of hydrogen-bond donors (Lipinski definition) is 0. The predicted molar refractivity (Wildman–Crippen MR) is 70.0 cm³/mol. The summed E-state index contributed by atoms with van der Waals surface area (Å²) in [6.07, 6.45) is 2.06. The van der Waals surface area contributed by atoms with E-state index in [2.05, 4.69) is 0 Å². The summed E-state index contributed by atoms with van der Waals surface area (Å²) in [5.41, 5.74) is 0. The molecule has 0 radical (unpaired) electrons. The molecule has 114 valence electrons. The zero-order valence-electron chi connectivity index (χ0n) is 11.5. The lowest BCUT2D eigenvalue weighted by atomic mass is 9.82. The highest BCUT2D eigenvalue weighted by Gasteiger charge is 2.47. The Kier molecular flexibility index (Phi) is 3.74. The van der Waals surface area contributed by atoms with Crippen LogP contribution in [0.2, 0.25) is 0 Å². The summed E-state index contributed by atoms with van der Waals surface area (Å²) in [6, 6.07) is 0. The number of rotatable bonds is 2. The highest BCUT2D eigenvalue weighted by atomic mass is 32.2. The Morgan fingerprint density at radius 1 is 1.25 bits per heavy atom. The first-order valence-electron chi connectivity index (χ1n) is 6.94. The summed E-state index contributed by atoms with van der Waals surface area (Å²) in [6.45, 7) is 2.94. The average molecular weight is 304 g/mol. The lowest BCUT2D eigenvalue weighted by molar-refractivity contribution is -0.181. The minimum atomic E-state index is -3.21. The maximum Gasteiger partial charge on any atom is 0.251 e. The quantitative estimate of drug-likeness (QED) is 0.674. The molecule has 3 heterocycles. The Labute approximate surface area is 118 Å². The summed E-state index contributed by atoms with van der Waals surface area (Å²) in [4.78, 5) is 17.8. The van der Waals surface area contributed by atoms with Gasteiger partial charge in [-0.2, -0.15) is 0 Å². The molecule has 3 aliphatic heterocycles. The van der Waals surface area contributed by atoms with Crippen LogP contribution in [0.25, 0.3) is 0 Å². The van der Waals surface area contributed by atoms with Crippen molar-refractivity contribution >= 4 is 15.9 Å². The van der Waals surface area contributed by atoms with E-state index in [0.29, 0.717) is 39.5 Å². The normalized spacial score (nSPS) is 35.2. The van der Waals surface area contributed by atoms with Crippen molar-refractivity contribution in [1.29, 1.82) is 0 Å². The van der Waals surface area contributed by atoms with Gasteiger partial charge in [0.1, 0.15) is 0 Å². The highest BCUT2D eigenvalue weighted by molar-refractivity contribution is 7.88. The predicted octanol–water partition coefficient (Wildman–Crippen LogP) is -0.696. The minimum absolute atomic E-state index is 0.0372. The van der Waals surface area contributed by atoms with Gasteiger partial charge in [-0.25, -0.2) is 17.8 Å². The van der Waals surface area contributed by atoms with Crippen LogP contribution in [0.5, 0.6) is 0 Å². The second kappa shape index (κ2) is 5.25. The fourth-order valence-electron chi connectivity index (χ4n) is 3.29. The maximum atomic E-state index is 12.5. The van der Waals surface area contributed by atoms with Crippen molar-refractivity contribution in [2.24, 2.45) is 17.8 Å². The SMILES string of the molecule is CS(=O)(=O)N1C[C@H]2COC[C@@H](C(=O)N3CCCO3)[C@H]2C1. The third-order valence-electron chi connectivity index (χ3n) is 4.39. The summed E-state index contributed by atoms with van der Waals surface area (Å²) < 4.78 is 30.3. The lowest BCUT2D eigenvalue weighted by Crippen LogP contribution is -2.45. The van der Waals surface area contributed by atoms with E-state index in [9.17, 15) is 13.2 Å². The Balaban J connectivity index is 1.74. The number of fused-ring (bicyclic) bond motifs is 1. The van der Waals surface area contributed by atoms with Crippen LogP contribution in [0, 0.1) is 17.8 Å². The van der Waals surface area contributed by atoms with Gasteiger partial charge in [0.15, 0.2) is 0 Å². The van der Waals surface area contributed by atoms with Crippen LogP contribution in [0.4, 0.5) is 0 Å². The van der Waals surface area contributed by atoms with Gasteiger partial charge < -0.3 is 4.74 Å². The van der Waals surface area contributed by atoms with Gasteiger partial charge in [-0.05, 0) is 12.3 Å². The topological polar surface area (TPSA) is 76.2 Å². The maximum absolute atomic E-state index is 12.5. The van der Waals surface area contributed by atoms with Crippen molar-refractivity contribution in [2.45, 2.75) is 6.42 Å². The number of hydrogen-bond acceptors (Lipinski definition) is 5. The fraction of sp³-hybridized carbons (Fsp3) is 0.917. The van der Waals surface area contributed by atoms with E-state index in [1.165, 1.54) is 15.6 Å². The number of ether oxygens (including phenoxy) is 1. The van der Waals surface area contributed by atoms with Crippen molar-refractivity contribution in [2.75, 3.05) is 45.7 Å². The number of carbonyl (C=O) groups excluding carboxylic acids is 1. The zero-order valence-corrected chi connectivity index (χ0v) is 12.3. The molecular weight excluding hydrogens is 284 g/mol. The molecule has 0 bridgehead atoms. The smallest absolute Gasteiger partial charge is 0.251 e. The molecule has 3 aliphatic rings. The van der Waals surface area contributed by atoms with E-state index in [1.807, 2.05) is 0 Å². The molecule has 8 heteroatoms. The van der Waals surface area contributed by atoms with Gasteiger partial charge in [-0.3, -0.25) is 9.63 Å². The fourth-order valence-corrected chi connectivity index (χ4v) is 4.19. The van der Waals surface area contributed by atoms with Crippen molar-refractivity contribution < 1.29 is 22.8 Å². The molecule has 7 nitrogen and oxygen atoms in total. The Morgan fingerprint density at radius 3 is 2.70 bits per heavy atom. The summed E-state index contributed by atoms with van der Waals surface area (Å²) in [7, 11) is -3.21.